The van der Waals surface area contributed by atoms with Gasteiger partial charge in [-0.15, -0.1) is 0 Å². The second-order valence-corrected chi connectivity index (χ2v) is 3.81. The fourth-order valence-electron chi connectivity index (χ4n) is 1.42. The Labute approximate surface area is 91.0 Å². The third-order valence-electron chi connectivity index (χ3n) is 2.30. The Morgan fingerprint density at radius 1 is 1.27 bits per heavy atom. The van der Waals surface area contributed by atoms with Gasteiger partial charge in [-0.1, -0.05) is 30.3 Å². The summed E-state index contributed by atoms with van der Waals surface area (Å²) in [5.74, 6) is 0.0508. The minimum absolute atomic E-state index is 0.0508. The lowest BCUT2D eigenvalue weighted by Gasteiger charge is -2.07. The normalized spacial score (nSPS) is 13.7. The average Bonchev–Trinajstić information content (AvgIpc) is 2.18. The summed E-state index contributed by atoms with van der Waals surface area (Å²) in [6.07, 6.45) is 0.880. The monoisotopic (exact) mass is 203 g/mol. The summed E-state index contributed by atoms with van der Waals surface area (Å²) in [7, 11) is 0. The summed E-state index contributed by atoms with van der Waals surface area (Å²) in [6, 6.07) is 10.4. The van der Waals surface area contributed by atoms with Gasteiger partial charge in [0.2, 0.25) is 0 Å². The first kappa shape index (κ1) is 11.6. The van der Waals surface area contributed by atoms with E-state index >= 15 is 0 Å². The molecule has 0 heterocycles. The lowest BCUT2D eigenvalue weighted by atomic mass is 10.1. The van der Waals surface area contributed by atoms with Crippen molar-refractivity contribution in [3.05, 3.63) is 35.9 Å². The number of aliphatic imine (C=N–C) groups is 1. The van der Waals surface area contributed by atoms with Crippen LogP contribution in [0.2, 0.25) is 0 Å². The largest absolute Gasteiger partial charge is 0.293 e. The summed E-state index contributed by atoms with van der Waals surface area (Å²) in [5.41, 5.74) is 1.86. The van der Waals surface area contributed by atoms with Crippen molar-refractivity contribution in [2.24, 2.45) is 4.99 Å². The van der Waals surface area contributed by atoms with Crippen molar-refractivity contribution in [1.82, 2.24) is 0 Å². The first-order chi connectivity index (χ1) is 7.09. The van der Waals surface area contributed by atoms with Crippen LogP contribution in [0.5, 0.6) is 0 Å². The number of carbonyl (C=O) groups excluding carboxylic acids is 1. The van der Waals surface area contributed by atoms with Crippen LogP contribution in [-0.2, 0) is 11.2 Å². The molecule has 1 rings (SSSR count). The fraction of sp³-hybridized carbons (Fsp3) is 0.385. The Morgan fingerprint density at radius 2 is 1.87 bits per heavy atom. The molecule has 0 unspecified atom stereocenters. The van der Waals surface area contributed by atoms with Crippen LogP contribution in [0.4, 0.5) is 0 Å². The number of hydrogen-bond acceptors (Lipinski definition) is 2. The van der Waals surface area contributed by atoms with Crippen molar-refractivity contribution in [3.8, 4) is 0 Å². The fourth-order valence-corrected chi connectivity index (χ4v) is 1.42. The Bertz CT molecular complexity index is 354. The molecule has 2 heteroatoms. The van der Waals surface area contributed by atoms with E-state index in [0.717, 1.165) is 6.42 Å². The van der Waals surface area contributed by atoms with Crippen LogP contribution in [0.1, 0.15) is 26.3 Å². The SMILES string of the molecule is CC(=O)C(C)=N[C@@H](C)Cc1ccccc1. The maximum Gasteiger partial charge on any atom is 0.173 e. The first-order valence-electron chi connectivity index (χ1n) is 5.19. The maximum atomic E-state index is 11.0. The molecule has 0 aliphatic heterocycles. The summed E-state index contributed by atoms with van der Waals surface area (Å²) in [5, 5.41) is 0. The van der Waals surface area contributed by atoms with Gasteiger partial charge in [-0.2, -0.15) is 0 Å². The third kappa shape index (κ3) is 4.07. The zero-order chi connectivity index (χ0) is 11.3. The van der Waals surface area contributed by atoms with Crippen LogP contribution >= 0.6 is 0 Å². The Balaban J connectivity index is 2.61. The highest BCUT2D eigenvalue weighted by molar-refractivity contribution is 6.38. The van der Waals surface area contributed by atoms with E-state index in [9.17, 15) is 4.79 Å². The van der Waals surface area contributed by atoms with Crippen LogP contribution in [0.3, 0.4) is 0 Å². The highest BCUT2D eigenvalue weighted by Crippen LogP contribution is 2.05. The zero-order valence-electron chi connectivity index (χ0n) is 9.53. The van der Waals surface area contributed by atoms with E-state index in [1.54, 1.807) is 13.8 Å². The molecule has 0 amide bonds. The summed E-state index contributed by atoms with van der Waals surface area (Å²) < 4.78 is 0. The minimum atomic E-state index is 0.0508. The minimum Gasteiger partial charge on any atom is -0.293 e. The van der Waals surface area contributed by atoms with Gasteiger partial charge in [-0.25, -0.2) is 0 Å². The lowest BCUT2D eigenvalue weighted by Crippen LogP contribution is -2.11. The van der Waals surface area contributed by atoms with Crippen LogP contribution in [0.15, 0.2) is 35.3 Å². The summed E-state index contributed by atoms with van der Waals surface area (Å²) in [6.45, 7) is 5.34. The van der Waals surface area contributed by atoms with E-state index in [2.05, 4.69) is 17.1 Å². The Morgan fingerprint density at radius 3 is 2.40 bits per heavy atom. The van der Waals surface area contributed by atoms with Crippen molar-refractivity contribution in [3.63, 3.8) is 0 Å². The van der Waals surface area contributed by atoms with Gasteiger partial charge >= 0.3 is 0 Å². The van der Waals surface area contributed by atoms with E-state index in [4.69, 9.17) is 0 Å². The Kier molecular flexibility index (Phi) is 4.22. The maximum absolute atomic E-state index is 11.0. The number of nitrogens with zero attached hydrogens (tertiary/aromatic N) is 1. The van der Waals surface area contributed by atoms with E-state index < -0.39 is 0 Å². The molecule has 0 aliphatic carbocycles. The Hall–Kier alpha value is -1.44. The standard InChI is InChI=1S/C13H17NO/c1-10(14-11(2)12(3)15)9-13-7-5-4-6-8-13/h4-8,10H,9H2,1-3H3/t10-/m0/s1. The van der Waals surface area contributed by atoms with Gasteiger partial charge in [0.05, 0.1) is 11.8 Å². The number of carbonyl (C=O) groups is 1. The number of hydrogen-bond donors (Lipinski definition) is 0. The molecule has 0 bridgehead atoms. The van der Waals surface area contributed by atoms with Crippen molar-refractivity contribution in [1.29, 1.82) is 0 Å². The molecular formula is C13H17NO. The molecule has 0 radical (unpaired) electrons. The van der Waals surface area contributed by atoms with Gasteiger partial charge in [0.1, 0.15) is 0 Å². The van der Waals surface area contributed by atoms with Crippen molar-refractivity contribution >= 4 is 11.5 Å². The van der Waals surface area contributed by atoms with Crippen LogP contribution in [0, 0.1) is 0 Å². The van der Waals surface area contributed by atoms with E-state index in [-0.39, 0.29) is 11.8 Å². The number of benzene rings is 1. The van der Waals surface area contributed by atoms with Gasteiger partial charge in [0.15, 0.2) is 5.78 Å². The number of Topliss-reactive ketones (excluding diaryl/α,β-unsaturated/α-hetero) is 1. The summed E-state index contributed by atoms with van der Waals surface area (Å²) in [4.78, 5) is 15.3. The van der Waals surface area contributed by atoms with E-state index in [1.807, 2.05) is 25.1 Å². The first-order valence-corrected chi connectivity index (χ1v) is 5.19. The topological polar surface area (TPSA) is 29.4 Å². The molecular weight excluding hydrogens is 186 g/mol. The van der Waals surface area contributed by atoms with E-state index in [1.165, 1.54) is 5.56 Å². The van der Waals surface area contributed by atoms with Crippen LogP contribution < -0.4 is 0 Å². The predicted molar refractivity (Wildman–Crippen MR) is 63.4 cm³/mol. The van der Waals surface area contributed by atoms with Gasteiger partial charge in [0, 0.05) is 6.92 Å². The second-order valence-electron chi connectivity index (χ2n) is 3.81. The molecule has 0 fully saturated rings. The molecule has 0 aromatic heterocycles. The molecule has 0 saturated heterocycles. The average molecular weight is 203 g/mol. The molecule has 1 aromatic carbocycles. The van der Waals surface area contributed by atoms with Gasteiger partial charge in [0.25, 0.3) is 0 Å². The van der Waals surface area contributed by atoms with Gasteiger partial charge in [-0.05, 0) is 25.8 Å². The van der Waals surface area contributed by atoms with Crippen LogP contribution in [-0.4, -0.2) is 17.5 Å². The second kappa shape index (κ2) is 5.44. The van der Waals surface area contributed by atoms with Crippen molar-refractivity contribution in [2.75, 3.05) is 0 Å². The van der Waals surface area contributed by atoms with Crippen molar-refractivity contribution in [2.45, 2.75) is 33.2 Å². The number of rotatable bonds is 4. The zero-order valence-corrected chi connectivity index (χ0v) is 9.53. The summed E-state index contributed by atoms with van der Waals surface area (Å²) >= 11 is 0. The van der Waals surface area contributed by atoms with E-state index in [0.29, 0.717) is 5.71 Å². The lowest BCUT2D eigenvalue weighted by molar-refractivity contribution is -0.111. The molecule has 0 saturated carbocycles. The third-order valence-corrected chi connectivity index (χ3v) is 2.30. The highest BCUT2D eigenvalue weighted by Gasteiger charge is 2.04. The molecule has 2 nitrogen and oxygen atoms in total. The molecule has 80 valence electrons. The molecule has 0 N–H and O–H groups in total. The van der Waals surface area contributed by atoms with Crippen molar-refractivity contribution < 1.29 is 4.79 Å². The molecule has 0 spiro atoms. The number of ketones is 1. The smallest absolute Gasteiger partial charge is 0.173 e. The predicted octanol–water partition coefficient (Wildman–Crippen LogP) is 2.67. The molecule has 1 aromatic rings. The highest BCUT2D eigenvalue weighted by atomic mass is 16.1. The van der Waals surface area contributed by atoms with Gasteiger partial charge < -0.3 is 0 Å². The quantitative estimate of drug-likeness (QED) is 0.692. The molecule has 15 heavy (non-hydrogen) atoms. The molecule has 1 atom stereocenters. The molecule has 0 aliphatic rings. The van der Waals surface area contributed by atoms with Crippen LogP contribution in [0.25, 0.3) is 0 Å². The van der Waals surface area contributed by atoms with Gasteiger partial charge in [-0.3, -0.25) is 9.79 Å².